The number of amides is 1. The van der Waals surface area contributed by atoms with Crippen LogP contribution in [0.5, 0.6) is 0 Å². The van der Waals surface area contributed by atoms with Crippen LogP contribution >= 0.6 is 11.9 Å². The molecule has 0 spiro atoms. The van der Waals surface area contributed by atoms with E-state index in [0.717, 1.165) is 11.9 Å². The second kappa shape index (κ2) is 5.90. The van der Waals surface area contributed by atoms with Gasteiger partial charge >= 0.3 is 0 Å². The topological polar surface area (TPSA) is 53.2 Å². The molecular weight excluding hydrogens is 315 g/mol. The van der Waals surface area contributed by atoms with E-state index in [4.69, 9.17) is 2.74 Å². The van der Waals surface area contributed by atoms with Gasteiger partial charge in [-0.1, -0.05) is 0 Å². The van der Waals surface area contributed by atoms with Crippen molar-refractivity contribution in [3.8, 4) is 0 Å². The van der Waals surface area contributed by atoms with Gasteiger partial charge in [0.05, 0.1) is 15.0 Å². The molecule has 114 valence electrons. The first-order chi connectivity index (χ1) is 11.2. The molecule has 3 rings (SSSR count). The van der Waals surface area contributed by atoms with Crippen LogP contribution in [0.25, 0.3) is 0 Å². The standard InChI is InChI=1S/C14H10F3N3OS/c15-9-4-8(5-10(16)13(9)17)20-14(21)7-1-2-11-12(3-7)22-19-6-18-11/h1-5,18-19H,6H2,(H,20,21)/i6D2. The number of fused-ring (bicyclic) bond motifs is 1. The summed E-state index contributed by atoms with van der Waals surface area (Å²) in [4.78, 5) is 12.7. The molecule has 0 bridgehead atoms. The maximum atomic E-state index is 13.2. The molecule has 1 aliphatic heterocycles. The summed E-state index contributed by atoms with van der Waals surface area (Å²) in [7, 11) is 0. The summed E-state index contributed by atoms with van der Waals surface area (Å²) in [5, 5.41) is 4.88. The quantitative estimate of drug-likeness (QED) is 0.585. The number of rotatable bonds is 2. The number of nitrogens with one attached hydrogen (secondary N) is 3. The molecule has 0 saturated heterocycles. The van der Waals surface area contributed by atoms with Gasteiger partial charge in [-0.3, -0.25) is 4.79 Å². The van der Waals surface area contributed by atoms with Gasteiger partial charge in [0.25, 0.3) is 5.91 Å². The van der Waals surface area contributed by atoms with Crippen LogP contribution < -0.4 is 15.4 Å². The number of carbonyl (C=O) groups is 1. The van der Waals surface area contributed by atoms with Crippen LogP contribution in [0.1, 0.15) is 13.1 Å². The minimum absolute atomic E-state index is 0.192. The fourth-order valence-electron chi connectivity index (χ4n) is 1.86. The van der Waals surface area contributed by atoms with E-state index in [-0.39, 0.29) is 11.3 Å². The molecule has 0 fully saturated rings. The van der Waals surface area contributed by atoms with Crippen molar-refractivity contribution in [2.24, 2.45) is 0 Å². The van der Waals surface area contributed by atoms with Crippen molar-refractivity contribution in [3.05, 3.63) is 53.3 Å². The molecule has 1 aliphatic rings. The molecule has 4 nitrogen and oxygen atoms in total. The third-order valence-corrected chi connectivity index (χ3v) is 3.66. The summed E-state index contributed by atoms with van der Waals surface area (Å²) < 4.78 is 56.9. The van der Waals surface area contributed by atoms with Crippen LogP contribution in [0.4, 0.5) is 24.5 Å². The Balaban J connectivity index is 1.81. The summed E-state index contributed by atoms with van der Waals surface area (Å²) in [5.41, 5.74) is 0.478. The molecule has 1 amide bonds. The molecular formula is C14H10F3N3OS. The second-order valence-corrected chi connectivity index (χ2v) is 5.22. The highest BCUT2D eigenvalue weighted by Gasteiger charge is 2.15. The van der Waals surface area contributed by atoms with Crippen molar-refractivity contribution in [1.82, 2.24) is 4.72 Å². The maximum absolute atomic E-state index is 13.2. The zero-order chi connectivity index (χ0) is 17.5. The molecule has 0 radical (unpaired) electrons. The van der Waals surface area contributed by atoms with Gasteiger partial charge in [-0.15, -0.1) is 0 Å². The van der Waals surface area contributed by atoms with E-state index in [9.17, 15) is 18.0 Å². The minimum Gasteiger partial charge on any atom is -0.371 e. The van der Waals surface area contributed by atoms with Crippen molar-refractivity contribution >= 4 is 29.2 Å². The SMILES string of the molecule is [2H]C1([2H])NSc2cc(C(=O)Nc3cc(F)c(F)c(F)c3)ccc2N1. The van der Waals surface area contributed by atoms with Gasteiger partial charge in [0.15, 0.2) is 17.5 Å². The summed E-state index contributed by atoms with van der Waals surface area (Å²) in [6, 6.07) is 5.80. The van der Waals surface area contributed by atoms with Gasteiger partial charge in [0.2, 0.25) is 0 Å². The Bertz CT molecular complexity index is 812. The molecule has 0 atom stereocenters. The maximum Gasteiger partial charge on any atom is 0.255 e. The molecule has 8 heteroatoms. The monoisotopic (exact) mass is 327 g/mol. The average molecular weight is 327 g/mol. The van der Waals surface area contributed by atoms with Crippen molar-refractivity contribution in [1.29, 1.82) is 0 Å². The number of hydrogen-bond donors (Lipinski definition) is 3. The van der Waals surface area contributed by atoms with Gasteiger partial charge in [-0.05, 0) is 30.1 Å². The number of halogens is 3. The largest absolute Gasteiger partial charge is 0.371 e. The van der Waals surface area contributed by atoms with Crippen LogP contribution in [0, 0.1) is 17.5 Å². The Morgan fingerprint density at radius 1 is 1.23 bits per heavy atom. The lowest BCUT2D eigenvalue weighted by molar-refractivity contribution is 0.102. The second-order valence-electron chi connectivity index (χ2n) is 4.37. The zero-order valence-electron chi connectivity index (χ0n) is 12.8. The Morgan fingerprint density at radius 3 is 2.68 bits per heavy atom. The van der Waals surface area contributed by atoms with Crippen LogP contribution in [-0.4, -0.2) is 12.5 Å². The molecule has 2 aromatic carbocycles. The summed E-state index contributed by atoms with van der Waals surface area (Å²) in [6.45, 7) is -1.79. The normalized spacial score (nSPS) is 16.9. The first-order valence-corrected chi connectivity index (χ1v) is 6.89. The summed E-state index contributed by atoms with van der Waals surface area (Å²) in [6.07, 6.45) is 0. The van der Waals surface area contributed by atoms with E-state index in [1.165, 1.54) is 18.2 Å². The third kappa shape index (κ3) is 2.88. The lowest BCUT2D eigenvalue weighted by Gasteiger charge is -2.18. The Hall–Kier alpha value is -2.19. The van der Waals surface area contributed by atoms with E-state index in [1.54, 1.807) is 0 Å². The number of hydrogen-bond acceptors (Lipinski definition) is 4. The summed E-state index contributed by atoms with van der Waals surface area (Å²) >= 11 is 1.00. The number of anilines is 2. The Kier molecular flexibility index (Phi) is 3.31. The Morgan fingerprint density at radius 2 is 1.95 bits per heavy atom. The number of benzene rings is 2. The molecule has 22 heavy (non-hydrogen) atoms. The van der Waals surface area contributed by atoms with Gasteiger partial charge in [0, 0.05) is 28.3 Å². The summed E-state index contributed by atoms with van der Waals surface area (Å²) in [5.74, 6) is -5.05. The van der Waals surface area contributed by atoms with E-state index in [0.29, 0.717) is 22.7 Å². The van der Waals surface area contributed by atoms with Crippen molar-refractivity contribution in [3.63, 3.8) is 0 Å². The van der Waals surface area contributed by atoms with Gasteiger partial charge < -0.3 is 10.6 Å². The van der Waals surface area contributed by atoms with E-state index in [1.807, 2.05) is 0 Å². The van der Waals surface area contributed by atoms with Crippen molar-refractivity contribution < 1.29 is 20.7 Å². The molecule has 0 aliphatic carbocycles. The molecule has 3 N–H and O–H groups in total. The van der Waals surface area contributed by atoms with E-state index >= 15 is 0 Å². The van der Waals surface area contributed by atoms with Crippen LogP contribution in [-0.2, 0) is 0 Å². The fourth-order valence-corrected chi connectivity index (χ4v) is 2.48. The first kappa shape index (κ1) is 12.4. The van der Waals surface area contributed by atoms with Gasteiger partial charge in [0.1, 0.15) is 0 Å². The molecule has 0 aromatic heterocycles. The number of carbonyl (C=O) groups excluding carboxylic acids is 1. The highest BCUT2D eigenvalue weighted by Crippen LogP contribution is 2.29. The molecule has 0 unspecified atom stereocenters. The van der Waals surface area contributed by atoms with Crippen LogP contribution in [0.2, 0.25) is 0 Å². The average Bonchev–Trinajstić information content (AvgIpc) is 2.51. The highest BCUT2D eigenvalue weighted by atomic mass is 32.2. The fraction of sp³-hybridized carbons (Fsp3) is 0.0714. The predicted octanol–water partition coefficient (Wildman–Crippen LogP) is 3.34. The lowest BCUT2D eigenvalue weighted by Crippen LogP contribution is -2.21. The highest BCUT2D eigenvalue weighted by molar-refractivity contribution is 7.97. The van der Waals surface area contributed by atoms with Gasteiger partial charge in [-0.2, -0.15) is 0 Å². The lowest BCUT2D eigenvalue weighted by atomic mass is 10.2. The zero-order valence-corrected chi connectivity index (χ0v) is 11.7. The predicted molar refractivity (Wildman–Crippen MR) is 78.2 cm³/mol. The molecule has 1 heterocycles. The van der Waals surface area contributed by atoms with Crippen molar-refractivity contribution in [2.45, 2.75) is 4.90 Å². The first-order valence-electron chi connectivity index (χ1n) is 7.07. The smallest absolute Gasteiger partial charge is 0.255 e. The third-order valence-electron chi connectivity index (χ3n) is 2.89. The minimum atomic E-state index is -1.79. The molecule has 2 aromatic rings. The van der Waals surface area contributed by atoms with E-state index < -0.39 is 30.0 Å². The van der Waals surface area contributed by atoms with Crippen LogP contribution in [0.15, 0.2) is 35.2 Å². The molecule has 0 saturated carbocycles. The van der Waals surface area contributed by atoms with Crippen LogP contribution in [0.3, 0.4) is 0 Å². The Labute approximate surface area is 131 Å². The van der Waals surface area contributed by atoms with E-state index in [2.05, 4.69) is 15.4 Å². The van der Waals surface area contributed by atoms with Gasteiger partial charge in [-0.25, -0.2) is 17.9 Å². The van der Waals surface area contributed by atoms with Crippen molar-refractivity contribution in [2.75, 3.05) is 17.3 Å².